The van der Waals surface area contributed by atoms with Gasteiger partial charge in [-0.15, -0.1) is 0 Å². The van der Waals surface area contributed by atoms with Crippen molar-refractivity contribution in [1.29, 1.82) is 5.26 Å². The molecule has 4 nitrogen and oxygen atoms in total. The number of imidazole rings is 1. The molecule has 3 aromatic rings. The van der Waals surface area contributed by atoms with Crippen LogP contribution in [0, 0.1) is 11.3 Å². The van der Waals surface area contributed by atoms with Crippen molar-refractivity contribution >= 4 is 22.8 Å². The van der Waals surface area contributed by atoms with Gasteiger partial charge in [0.2, 0.25) is 0 Å². The molecule has 0 spiro atoms. The lowest BCUT2D eigenvalue weighted by Gasteiger charge is -1.98. The number of nitrogens with one attached hydrogen (secondary N) is 1. The first-order chi connectivity index (χ1) is 8.86. The van der Waals surface area contributed by atoms with E-state index in [4.69, 9.17) is 5.26 Å². The lowest BCUT2D eigenvalue weighted by atomic mass is 10.3. The van der Waals surface area contributed by atoms with Crippen molar-refractivity contribution in [2.45, 2.75) is 10.1 Å². The fourth-order valence-electron chi connectivity index (χ4n) is 1.64. The number of hydrogen-bond donors (Lipinski definition) is 1. The first kappa shape index (κ1) is 10.8. The van der Waals surface area contributed by atoms with Crippen molar-refractivity contribution in [3.8, 4) is 6.07 Å². The molecular formula is C13H8N4S. The summed E-state index contributed by atoms with van der Waals surface area (Å²) in [5.41, 5.74) is 2.51. The predicted molar refractivity (Wildman–Crippen MR) is 69.2 cm³/mol. The minimum absolute atomic E-state index is 0.607. The van der Waals surface area contributed by atoms with E-state index in [0.29, 0.717) is 5.56 Å². The lowest BCUT2D eigenvalue weighted by molar-refractivity contribution is 1.07. The van der Waals surface area contributed by atoms with E-state index >= 15 is 0 Å². The van der Waals surface area contributed by atoms with Gasteiger partial charge in [-0.05, 0) is 30.0 Å². The van der Waals surface area contributed by atoms with E-state index in [9.17, 15) is 0 Å². The normalized spacial score (nSPS) is 10.4. The maximum Gasteiger partial charge on any atom is 0.171 e. The summed E-state index contributed by atoms with van der Waals surface area (Å²) < 4.78 is 0. The summed E-state index contributed by atoms with van der Waals surface area (Å²) in [5.74, 6) is 0. The highest BCUT2D eigenvalue weighted by Crippen LogP contribution is 2.28. The standard InChI is InChI=1S/C13H8N4S/c14-7-9-5-6-15-8-12(9)18-13-16-10-3-1-2-4-11(10)17-13/h1-6,8H,(H,16,17). The highest BCUT2D eigenvalue weighted by Gasteiger charge is 2.07. The molecule has 2 aromatic heterocycles. The number of aromatic amines is 1. The van der Waals surface area contributed by atoms with Gasteiger partial charge in [-0.25, -0.2) is 4.98 Å². The Bertz CT molecular complexity index is 709. The molecule has 0 aliphatic carbocycles. The van der Waals surface area contributed by atoms with Crippen LogP contribution in [-0.4, -0.2) is 15.0 Å². The van der Waals surface area contributed by atoms with Gasteiger partial charge in [0.15, 0.2) is 5.16 Å². The highest BCUT2D eigenvalue weighted by atomic mass is 32.2. The van der Waals surface area contributed by atoms with Crippen LogP contribution in [0.2, 0.25) is 0 Å². The summed E-state index contributed by atoms with van der Waals surface area (Å²) >= 11 is 1.41. The Kier molecular flexibility index (Phi) is 2.71. The van der Waals surface area contributed by atoms with Gasteiger partial charge in [-0.3, -0.25) is 4.98 Å². The van der Waals surface area contributed by atoms with Gasteiger partial charge >= 0.3 is 0 Å². The van der Waals surface area contributed by atoms with E-state index in [1.54, 1.807) is 18.5 Å². The Morgan fingerprint density at radius 2 is 2.11 bits per heavy atom. The van der Waals surface area contributed by atoms with Crippen LogP contribution < -0.4 is 0 Å². The second kappa shape index (κ2) is 4.51. The minimum atomic E-state index is 0.607. The Morgan fingerprint density at radius 3 is 2.94 bits per heavy atom. The molecule has 3 rings (SSSR count). The summed E-state index contributed by atoms with van der Waals surface area (Å²) in [6.45, 7) is 0. The van der Waals surface area contributed by atoms with Crippen molar-refractivity contribution in [2.24, 2.45) is 0 Å². The topological polar surface area (TPSA) is 65.4 Å². The molecule has 0 aliphatic rings. The fourth-order valence-corrected chi connectivity index (χ4v) is 2.49. The maximum absolute atomic E-state index is 9.01. The molecular weight excluding hydrogens is 244 g/mol. The summed E-state index contributed by atoms with van der Waals surface area (Å²) in [6.07, 6.45) is 3.29. The van der Waals surface area contributed by atoms with E-state index in [-0.39, 0.29) is 0 Å². The molecule has 1 N–H and O–H groups in total. The van der Waals surface area contributed by atoms with Crippen LogP contribution in [0.5, 0.6) is 0 Å². The third-order valence-corrected chi connectivity index (χ3v) is 3.41. The molecule has 0 bridgehead atoms. The van der Waals surface area contributed by atoms with Crippen molar-refractivity contribution in [1.82, 2.24) is 15.0 Å². The number of para-hydroxylation sites is 2. The molecule has 86 valence electrons. The van der Waals surface area contributed by atoms with Gasteiger partial charge in [-0.2, -0.15) is 5.26 Å². The average Bonchev–Trinajstić information content (AvgIpc) is 2.81. The van der Waals surface area contributed by atoms with Crippen LogP contribution >= 0.6 is 11.8 Å². The summed E-state index contributed by atoms with van der Waals surface area (Å²) in [7, 11) is 0. The lowest BCUT2D eigenvalue weighted by Crippen LogP contribution is -1.83. The molecule has 0 fully saturated rings. The minimum Gasteiger partial charge on any atom is -0.333 e. The van der Waals surface area contributed by atoms with E-state index in [1.165, 1.54) is 11.8 Å². The number of nitrogens with zero attached hydrogens (tertiary/aromatic N) is 3. The first-order valence-electron chi connectivity index (χ1n) is 5.33. The SMILES string of the molecule is N#Cc1ccncc1Sc1nc2ccccc2[nH]1. The van der Waals surface area contributed by atoms with Gasteiger partial charge in [0.1, 0.15) is 6.07 Å². The highest BCUT2D eigenvalue weighted by molar-refractivity contribution is 7.99. The molecule has 0 saturated carbocycles. The number of nitriles is 1. The van der Waals surface area contributed by atoms with E-state index in [0.717, 1.165) is 21.1 Å². The number of aromatic nitrogens is 3. The van der Waals surface area contributed by atoms with E-state index < -0.39 is 0 Å². The van der Waals surface area contributed by atoms with Crippen molar-refractivity contribution in [3.63, 3.8) is 0 Å². The molecule has 2 heterocycles. The number of pyridine rings is 1. The van der Waals surface area contributed by atoms with Gasteiger partial charge in [0, 0.05) is 12.4 Å². The van der Waals surface area contributed by atoms with Crippen LogP contribution in [-0.2, 0) is 0 Å². The molecule has 0 unspecified atom stereocenters. The molecule has 0 atom stereocenters. The third kappa shape index (κ3) is 1.94. The van der Waals surface area contributed by atoms with E-state index in [1.807, 2.05) is 24.3 Å². The van der Waals surface area contributed by atoms with Gasteiger partial charge < -0.3 is 4.98 Å². The average molecular weight is 252 g/mol. The third-order valence-electron chi connectivity index (χ3n) is 2.48. The number of benzene rings is 1. The van der Waals surface area contributed by atoms with Crippen molar-refractivity contribution in [3.05, 3.63) is 48.3 Å². The predicted octanol–water partition coefficient (Wildman–Crippen LogP) is 2.98. The largest absolute Gasteiger partial charge is 0.333 e. The van der Waals surface area contributed by atoms with Crippen LogP contribution in [0.4, 0.5) is 0 Å². The zero-order valence-corrected chi connectivity index (χ0v) is 10.1. The van der Waals surface area contributed by atoms with Crippen LogP contribution in [0.1, 0.15) is 5.56 Å². The van der Waals surface area contributed by atoms with Gasteiger partial charge in [-0.1, -0.05) is 12.1 Å². The van der Waals surface area contributed by atoms with Crippen LogP contribution in [0.15, 0.2) is 52.8 Å². The summed E-state index contributed by atoms with van der Waals surface area (Å²) in [6, 6.07) is 11.7. The van der Waals surface area contributed by atoms with Crippen LogP contribution in [0.3, 0.4) is 0 Å². The molecule has 0 saturated heterocycles. The summed E-state index contributed by atoms with van der Waals surface area (Å²) in [5, 5.41) is 9.78. The van der Waals surface area contributed by atoms with Crippen molar-refractivity contribution < 1.29 is 0 Å². The quantitative estimate of drug-likeness (QED) is 0.761. The summed E-state index contributed by atoms with van der Waals surface area (Å²) in [4.78, 5) is 12.5. The van der Waals surface area contributed by atoms with Crippen molar-refractivity contribution in [2.75, 3.05) is 0 Å². The Balaban J connectivity index is 1.99. The zero-order chi connectivity index (χ0) is 12.4. The first-order valence-corrected chi connectivity index (χ1v) is 6.15. The van der Waals surface area contributed by atoms with E-state index in [2.05, 4.69) is 21.0 Å². The number of rotatable bonds is 2. The van der Waals surface area contributed by atoms with Gasteiger partial charge in [0.05, 0.1) is 21.5 Å². The molecule has 0 aliphatic heterocycles. The molecule has 1 aromatic carbocycles. The Hall–Kier alpha value is -2.32. The maximum atomic E-state index is 9.01. The monoisotopic (exact) mass is 252 g/mol. The zero-order valence-electron chi connectivity index (χ0n) is 9.29. The van der Waals surface area contributed by atoms with Gasteiger partial charge in [0.25, 0.3) is 0 Å². The molecule has 18 heavy (non-hydrogen) atoms. The smallest absolute Gasteiger partial charge is 0.171 e. The number of hydrogen-bond acceptors (Lipinski definition) is 4. The number of fused-ring (bicyclic) bond motifs is 1. The number of H-pyrrole nitrogens is 1. The fraction of sp³-hybridized carbons (Fsp3) is 0. The Labute approximate surface area is 108 Å². The molecule has 5 heteroatoms. The molecule has 0 radical (unpaired) electrons. The van der Waals surface area contributed by atoms with Crippen LogP contribution in [0.25, 0.3) is 11.0 Å². The second-order valence-corrected chi connectivity index (χ2v) is 4.68. The second-order valence-electron chi connectivity index (χ2n) is 3.64. The Morgan fingerprint density at radius 1 is 1.22 bits per heavy atom. The molecule has 0 amide bonds.